The van der Waals surface area contributed by atoms with Crippen LogP contribution in [0.15, 0.2) is 18.3 Å². The molecule has 0 bridgehead atoms. The lowest BCUT2D eigenvalue weighted by Crippen LogP contribution is -2.37. The summed E-state index contributed by atoms with van der Waals surface area (Å²) in [6.45, 7) is 7.31. The Morgan fingerprint density at radius 1 is 1.39 bits per heavy atom. The highest BCUT2D eigenvalue weighted by Crippen LogP contribution is 2.12. The summed E-state index contributed by atoms with van der Waals surface area (Å²) in [5, 5.41) is 0. The largest absolute Gasteiger partial charge is 0.326 e. The van der Waals surface area contributed by atoms with E-state index in [0.29, 0.717) is 12.6 Å². The Balaban J connectivity index is 1.98. The third kappa shape index (κ3) is 3.51. The molecule has 0 aliphatic carbocycles. The van der Waals surface area contributed by atoms with Gasteiger partial charge in [-0.15, -0.1) is 0 Å². The molecule has 0 radical (unpaired) electrons. The maximum absolute atomic E-state index is 5.59. The van der Waals surface area contributed by atoms with Crippen LogP contribution in [0.2, 0.25) is 0 Å². The summed E-state index contributed by atoms with van der Waals surface area (Å²) in [7, 11) is 2.20. The van der Waals surface area contributed by atoms with Gasteiger partial charge in [0.1, 0.15) is 0 Å². The second-order valence-corrected chi connectivity index (χ2v) is 5.30. The van der Waals surface area contributed by atoms with Crippen molar-refractivity contribution in [1.29, 1.82) is 0 Å². The molecule has 0 aromatic carbocycles. The van der Waals surface area contributed by atoms with Crippen LogP contribution < -0.4 is 5.73 Å². The number of nitrogens with two attached hydrogens (primary N) is 1. The van der Waals surface area contributed by atoms with Gasteiger partial charge in [-0.3, -0.25) is 9.88 Å². The SMILES string of the molecule is CC1CN(C)CCCN1Cc1ccc(CN)cn1. The molecule has 1 unspecified atom stereocenters. The van der Waals surface area contributed by atoms with Gasteiger partial charge < -0.3 is 10.6 Å². The Hall–Kier alpha value is -0.970. The highest BCUT2D eigenvalue weighted by molar-refractivity contribution is 5.13. The first kappa shape index (κ1) is 13.5. The molecule has 1 aromatic heterocycles. The number of aromatic nitrogens is 1. The summed E-state index contributed by atoms with van der Waals surface area (Å²) >= 11 is 0. The molecule has 1 aromatic rings. The molecule has 18 heavy (non-hydrogen) atoms. The summed E-state index contributed by atoms with van der Waals surface area (Å²) in [4.78, 5) is 9.43. The minimum atomic E-state index is 0.568. The van der Waals surface area contributed by atoms with Crippen molar-refractivity contribution in [2.45, 2.75) is 32.5 Å². The van der Waals surface area contributed by atoms with Crippen LogP contribution in [-0.2, 0) is 13.1 Å². The van der Waals surface area contributed by atoms with E-state index >= 15 is 0 Å². The smallest absolute Gasteiger partial charge is 0.0544 e. The van der Waals surface area contributed by atoms with Gasteiger partial charge in [0.2, 0.25) is 0 Å². The van der Waals surface area contributed by atoms with E-state index in [2.05, 4.69) is 40.9 Å². The van der Waals surface area contributed by atoms with Crippen LogP contribution >= 0.6 is 0 Å². The zero-order chi connectivity index (χ0) is 13.0. The lowest BCUT2D eigenvalue weighted by Gasteiger charge is -2.27. The van der Waals surface area contributed by atoms with Gasteiger partial charge in [-0.25, -0.2) is 0 Å². The van der Waals surface area contributed by atoms with Crippen LogP contribution in [0.4, 0.5) is 0 Å². The van der Waals surface area contributed by atoms with Crippen molar-refractivity contribution in [2.24, 2.45) is 5.73 Å². The molecular weight excluding hydrogens is 224 g/mol. The molecule has 0 amide bonds. The first-order valence-corrected chi connectivity index (χ1v) is 6.75. The standard InChI is InChI=1S/C14H24N4/c1-12-10-17(2)6-3-7-18(12)11-14-5-4-13(8-15)9-16-14/h4-5,9,12H,3,6-8,10-11,15H2,1-2H3. The van der Waals surface area contributed by atoms with Crippen LogP contribution in [0.3, 0.4) is 0 Å². The molecular formula is C14H24N4. The average Bonchev–Trinajstić information content (AvgIpc) is 2.52. The first-order valence-electron chi connectivity index (χ1n) is 6.75. The zero-order valence-electron chi connectivity index (χ0n) is 11.5. The van der Waals surface area contributed by atoms with Crippen LogP contribution in [0.1, 0.15) is 24.6 Å². The summed E-state index contributed by atoms with van der Waals surface area (Å²) in [5.41, 5.74) is 7.83. The van der Waals surface area contributed by atoms with Gasteiger partial charge in [-0.05, 0) is 38.6 Å². The fraction of sp³-hybridized carbons (Fsp3) is 0.643. The third-order valence-electron chi connectivity index (χ3n) is 3.67. The molecule has 4 nitrogen and oxygen atoms in total. The number of nitrogens with zero attached hydrogens (tertiary/aromatic N) is 3. The van der Waals surface area contributed by atoms with Crippen molar-refractivity contribution < 1.29 is 0 Å². The Morgan fingerprint density at radius 3 is 2.89 bits per heavy atom. The van der Waals surface area contributed by atoms with E-state index in [1.54, 1.807) is 0 Å². The quantitative estimate of drug-likeness (QED) is 0.869. The highest BCUT2D eigenvalue weighted by atomic mass is 15.2. The molecule has 2 heterocycles. The van der Waals surface area contributed by atoms with Crippen molar-refractivity contribution in [2.75, 3.05) is 26.7 Å². The number of hydrogen-bond acceptors (Lipinski definition) is 4. The van der Waals surface area contributed by atoms with Gasteiger partial charge in [0.25, 0.3) is 0 Å². The number of likely N-dealkylation sites (N-methyl/N-ethyl adjacent to an activating group) is 1. The third-order valence-corrected chi connectivity index (χ3v) is 3.67. The molecule has 1 aliphatic heterocycles. The lowest BCUT2D eigenvalue weighted by molar-refractivity contribution is 0.192. The van der Waals surface area contributed by atoms with E-state index < -0.39 is 0 Å². The van der Waals surface area contributed by atoms with E-state index in [9.17, 15) is 0 Å². The predicted molar refractivity (Wildman–Crippen MR) is 74.1 cm³/mol. The highest BCUT2D eigenvalue weighted by Gasteiger charge is 2.19. The van der Waals surface area contributed by atoms with Gasteiger partial charge in [-0.1, -0.05) is 6.07 Å². The van der Waals surface area contributed by atoms with Crippen molar-refractivity contribution in [3.05, 3.63) is 29.6 Å². The van der Waals surface area contributed by atoms with Gasteiger partial charge in [0.05, 0.1) is 5.69 Å². The second kappa shape index (κ2) is 6.27. The molecule has 0 spiro atoms. The van der Waals surface area contributed by atoms with Gasteiger partial charge in [-0.2, -0.15) is 0 Å². The number of hydrogen-bond donors (Lipinski definition) is 1. The average molecular weight is 248 g/mol. The topological polar surface area (TPSA) is 45.4 Å². The maximum atomic E-state index is 5.59. The molecule has 1 aliphatic rings. The zero-order valence-corrected chi connectivity index (χ0v) is 11.5. The van der Waals surface area contributed by atoms with Crippen LogP contribution in [-0.4, -0.2) is 47.5 Å². The van der Waals surface area contributed by atoms with Crippen LogP contribution in [0, 0.1) is 0 Å². The Morgan fingerprint density at radius 2 is 2.22 bits per heavy atom. The van der Waals surface area contributed by atoms with E-state index in [0.717, 1.165) is 30.9 Å². The van der Waals surface area contributed by atoms with E-state index in [1.807, 2.05) is 6.20 Å². The molecule has 1 saturated heterocycles. The fourth-order valence-corrected chi connectivity index (χ4v) is 2.53. The molecule has 100 valence electrons. The molecule has 1 atom stereocenters. The summed E-state index contributed by atoms with van der Waals surface area (Å²) in [5.74, 6) is 0. The predicted octanol–water partition coefficient (Wildman–Crippen LogP) is 1.07. The van der Waals surface area contributed by atoms with Crippen LogP contribution in [0.5, 0.6) is 0 Å². The summed E-state index contributed by atoms with van der Waals surface area (Å²) in [6, 6.07) is 4.77. The second-order valence-electron chi connectivity index (χ2n) is 5.30. The normalized spacial score (nSPS) is 22.9. The maximum Gasteiger partial charge on any atom is 0.0544 e. The molecule has 2 rings (SSSR count). The van der Waals surface area contributed by atoms with E-state index in [4.69, 9.17) is 5.73 Å². The summed E-state index contributed by atoms with van der Waals surface area (Å²) in [6.07, 6.45) is 3.13. The van der Waals surface area contributed by atoms with Crippen molar-refractivity contribution in [3.8, 4) is 0 Å². The monoisotopic (exact) mass is 248 g/mol. The van der Waals surface area contributed by atoms with E-state index in [-0.39, 0.29) is 0 Å². The summed E-state index contributed by atoms with van der Waals surface area (Å²) < 4.78 is 0. The Bertz CT molecular complexity index is 363. The van der Waals surface area contributed by atoms with Gasteiger partial charge >= 0.3 is 0 Å². The number of pyridine rings is 1. The molecule has 1 fully saturated rings. The minimum absolute atomic E-state index is 0.568. The Labute approximate surface area is 110 Å². The first-order chi connectivity index (χ1) is 8.69. The van der Waals surface area contributed by atoms with E-state index in [1.165, 1.54) is 13.0 Å². The van der Waals surface area contributed by atoms with Crippen molar-refractivity contribution in [3.63, 3.8) is 0 Å². The van der Waals surface area contributed by atoms with Crippen molar-refractivity contribution in [1.82, 2.24) is 14.8 Å². The molecule has 0 saturated carbocycles. The molecule has 4 heteroatoms. The lowest BCUT2D eigenvalue weighted by atomic mass is 10.2. The molecule has 2 N–H and O–H groups in total. The van der Waals surface area contributed by atoms with Gasteiger partial charge in [0, 0.05) is 38.4 Å². The minimum Gasteiger partial charge on any atom is -0.326 e. The van der Waals surface area contributed by atoms with Gasteiger partial charge in [0.15, 0.2) is 0 Å². The van der Waals surface area contributed by atoms with Crippen LogP contribution in [0.25, 0.3) is 0 Å². The Kier molecular flexibility index (Phi) is 4.69. The fourth-order valence-electron chi connectivity index (χ4n) is 2.53. The van der Waals surface area contributed by atoms with Crippen molar-refractivity contribution >= 4 is 0 Å². The number of rotatable bonds is 3.